The van der Waals surface area contributed by atoms with Crippen molar-refractivity contribution in [1.82, 2.24) is 4.98 Å². The zero-order valence-electron chi connectivity index (χ0n) is 15.5. The predicted molar refractivity (Wildman–Crippen MR) is 109 cm³/mol. The third-order valence-electron chi connectivity index (χ3n) is 4.16. The maximum absolute atomic E-state index is 6.02. The van der Waals surface area contributed by atoms with E-state index in [1.807, 2.05) is 72.8 Å². The second kappa shape index (κ2) is 7.84. The highest BCUT2D eigenvalue weighted by Gasteiger charge is 2.07. The summed E-state index contributed by atoms with van der Waals surface area (Å²) in [6, 6.07) is 22.6. The van der Waals surface area contributed by atoms with Crippen LogP contribution in [-0.4, -0.2) is 19.2 Å². The second-order valence-corrected chi connectivity index (χ2v) is 6.00. The Balaban J connectivity index is 1.80. The van der Waals surface area contributed by atoms with Crippen molar-refractivity contribution in [2.45, 2.75) is 0 Å². The van der Waals surface area contributed by atoms with Gasteiger partial charge < -0.3 is 19.2 Å². The van der Waals surface area contributed by atoms with E-state index < -0.39 is 0 Å². The molecule has 0 aliphatic heterocycles. The highest BCUT2D eigenvalue weighted by Crippen LogP contribution is 2.21. The number of anilines is 2. The first-order valence-corrected chi connectivity index (χ1v) is 8.75. The maximum Gasteiger partial charge on any atom is 0.263 e. The molecule has 4 aromatic rings. The summed E-state index contributed by atoms with van der Waals surface area (Å²) in [5.41, 5.74) is 3.38. The number of fused-ring (bicyclic) bond motifs is 1. The minimum atomic E-state index is 0.389. The molecule has 0 aliphatic carbocycles. The lowest BCUT2D eigenvalue weighted by atomic mass is 10.3. The van der Waals surface area contributed by atoms with Crippen molar-refractivity contribution in [3.63, 3.8) is 0 Å². The first kappa shape index (κ1) is 17.6. The summed E-state index contributed by atoms with van der Waals surface area (Å²) in [6.07, 6.45) is 0. The number of para-hydroxylation sites is 2. The van der Waals surface area contributed by atoms with Crippen LogP contribution in [-0.2, 0) is 0 Å². The normalized spacial score (nSPS) is 11.4. The van der Waals surface area contributed by atoms with Gasteiger partial charge in [-0.2, -0.15) is 0 Å². The van der Waals surface area contributed by atoms with Gasteiger partial charge in [-0.1, -0.05) is 12.1 Å². The van der Waals surface area contributed by atoms with E-state index >= 15 is 0 Å². The fourth-order valence-electron chi connectivity index (χ4n) is 2.70. The van der Waals surface area contributed by atoms with Crippen LogP contribution >= 0.6 is 0 Å². The van der Waals surface area contributed by atoms with Crippen LogP contribution < -0.4 is 20.3 Å². The molecule has 0 fully saturated rings. The maximum atomic E-state index is 6.02. The SMILES string of the molecule is COc1ccc(N=c2oc3ccccc3nc2Nc2ccc(OC)cc2)cc1. The summed E-state index contributed by atoms with van der Waals surface area (Å²) in [4.78, 5) is 9.31. The van der Waals surface area contributed by atoms with Crippen LogP contribution in [0.15, 0.2) is 82.2 Å². The Hall–Kier alpha value is -3.80. The highest BCUT2D eigenvalue weighted by atomic mass is 16.5. The van der Waals surface area contributed by atoms with Crippen molar-refractivity contribution in [3.05, 3.63) is 78.4 Å². The number of rotatable bonds is 5. The Labute approximate surface area is 162 Å². The Morgan fingerprint density at radius 1 is 0.821 bits per heavy atom. The molecule has 0 unspecified atom stereocenters. The summed E-state index contributed by atoms with van der Waals surface area (Å²) in [6.45, 7) is 0. The van der Waals surface area contributed by atoms with E-state index in [2.05, 4.69) is 15.3 Å². The molecule has 0 saturated heterocycles. The molecule has 0 spiro atoms. The number of aromatic nitrogens is 1. The molecule has 1 N–H and O–H groups in total. The van der Waals surface area contributed by atoms with Crippen LogP contribution in [0.3, 0.4) is 0 Å². The Bertz CT molecular complexity index is 1150. The molecule has 6 heteroatoms. The van der Waals surface area contributed by atoms with Crippen LogP contribution in [0.25, 0.3) is 11.1 Å². The lowest BCUT2D eigenvalue weighted by Gasteiger charge is -2.08. The van der Waals surface area contributed by atoms with Gasteiger partial charge in [0.2, 0.25) is 0 Å². The number of benzene rings is 3. The van der Waals surface area contributed by atoms with Gasteiger partial charge in [-0.05, 0) is 60.7 Å². The Morgan fingerprint density at radius 2 is 1.46 bits per heavy atom. The molecular weight excluding hydrogens is 354 g/mol. The number of hydrogen-bond donors (Lipinski definition) is 1. The standard InChI is InChI=1S/C22H19N3O3/c1-26-17-11-7-15(8-12-17)23-21-22(24-16-9-13-18(27-2)14-10-16)28-20-6-4-3-5-19(20)25-21/h3-14H,1-2H3,(H,23,25). The van der Waals surface area contributed by atoms with Gasteiger partial charge in [0.1, 0.15) is 17.0 Å². The molecule has 1 heterocycles. The Morgan fingerprint density at radius 3 is 2.14 bits per heavy atom. The largest absolute Gasteiger partial charge is 0.497 e. The van der Waals surface area contributed by atoms with Gasteiger partial charge in [0.25, 0.3) is 5.55 Å². The van der Waals surface area contributed by atoms with Gasteiger partial charge in [0, 0.05) is 5.69 Å². The van der Waals surface area contributed by atoms with Crippen molar-refractivity contribution >= 4 is 28.3 Å². The number of methoxy groups -OCH3 is 2. The number of hydrogen-bond acceptors (Lipinski definition) is 6. The third-order valence-corrected chi connectivity index (χ3v) is 4.16. The van der Waals surface area contributed by atoms with E-state index in [1.165, 1.54) is 0 Å². The summed E-state index contributed by atoms with van der Waals surface area (Å²) in [7, 11) is 3.27. The van der Waals surface area contributed by atoms with Crippen molar-refractivity contribution in [1.29, 1.82) is 0 Å². The molecule has 1 aromatic heterocycles. The zero-order valence-corrected chi connectivity index (χ0v) is 15.5. The third kappa shape index (κ3) is 3.81. The fourth-order valence-corrected chi connectivity index (χ4v) is 2.70. The molecule has 0 radical (unpaired) electrons. The first-order valence-electron chi connectivity index (χ1n) is 8.75. The van der Waals surface area contributed by atoms with Gasteiger partial charge in [0.05, 0.1) is 19.9 Å². The first-order chi connectivity index (χ1) is 13.7. The molecule has 0 amide bonds. The average Bonchev–Trinajstić information content (AvgIpc) is 2.75. The van der Waals surface area contributed by atoms with E-state index in [0.29, 0.717) is 17.0 Å². The minimum Gasteiger partial charge on any atom is -0.497 e. The van der Waals surface area contributed by atoms with Crippen LogP contribution in [0.4, 0.5) is 17.2 Å². The van der Waals surface area contributed by atoms with Crippen molar-refractivity contribution in [2.24, 2.45) is 4.99 Å². The topological polar surface area (TPSA) is 68.9 Å². The molecular formula is C22H19N3O3. The van der Waals surface area contributed by atoms with E-state index in [9.17, 15) is 0 Å². The molecule has 0 atom stereocenters. The molecule has 0 bridgehead atoms. The zero-order chi connectivity index (χ0) is 19.3. The van der Waals surface area contributed by atoms with Crippen LogP contribution in [0.1, 0.15) is 0 Å². The smallest absolute Gasteiger partial charge is 0.263 e. The molecule has 0 saturated carbocycles. The molecule has 140 valence electrons. The highest BCUT2D eigenvalue weighted by molar-refractivity contribution is 5.73. The van der Waals surface area contributed by atoms with E-state index in [-0.39, 0.29) is 0 Å². The number of ether oxygens (including phenoxy) is 2. The number of nitrogens with zero attached hydrogens (tertiary/aromatic N) is 2. The Kier molecular flexibility index (Phi) is 4.93. The van der Waals surface area contributed by atoms with Gasteiger partial charge >= 0.3 is 0 Å². The molecule has 3 aromatic carbocycles. The van der Waals surface area contributed by atoms with E-state index in [1.54, 1.807) is 14.2 Å². The summed E-state index contributed by atoms with van der Waals surface area (Å²) < 4.78 is 16.4. The van der Waals surface area contributed by atoms with Gasteiger partial charge in [0.15, 0.2) is 11.4 Å². The van der Waals surface area contributed by atoms with Gasteiger partial charge in [-0.15, -0.1) is 0 Å². The van der Waals surface area contributed by atoms with E-state index in [4.69, 9.17) is 13.9 Å². The lowest BCUT2D eigenvalue weighted by Crippen LogP contribution is -2.11. The monoisotopic (exact) mass is 373 g/mol. The lowest BCUT2D eigenvalue weighted by molar-refractivity contribution is 0.414. The minimum absolute atomic E-state index is 0.389. The van der Waals surface area contributed by atoms with Crippen LogP contribution in [0.2, 0.25) is 0 Å². The summed E-state index contributed by atoms with van der Waals surface area (Å²) in [5.74, 6) is 2.08. The summed E-state index contributed by atoms with van der Waals surface area (Å²) >= 11 is 0. The quantitative estimate of drug-likeness (QED) is 0.543. The molecule has 0 aliphatic rings. The van der Waals surface area contributed by atoms with Crippen LogP contribution in [0, 0.1) is 0 Å². The predicted octanol–water partition coefficient (Wildman–Crippen LogP) is 4.82. The van der Waals surface area contributed by atoms with E-state index in [0.717, 1.165) is 28.4 Å². The average molecular weight is 373 g/mol. The summed E-state index contributed by atoms with van der Waals surface area (Å²) in [5, 5.41) is 3.28. The van der Waals surface area contributed by atoms with Gasteiger partial charge in [-0.25, -0.2) is 9.98 Å². The molecule has 28 heavy (non-hydrogen) atoms. The molecule has 4 rings (SSSR count). The fraction of sp³-hybridized carbons (Fsp3) is 0.0909. The number of nitrogens with one attached hydrogen (secondary N) is 1. The second-order valence-electron chi connectivity index (χ2n) is 6.00. The van der Waals surface area contributed by atoms with Gasteiger partial charge in [-0.3, -0.25) is 0 Å². The van der Waals surface area contributed by atoms with Crippen molar-refractivity contribution in [2.75, 3.05) is 19.5 Å². The van der Waals surface area contributed by atoms with Crippen molar-refractivity contribution < 1.29 is 13.9 Å². The van der Waals surface area contributed by atoms with Crippen molar-refractivity contribution in [3.8, 4) is 11.5 Å². The molecule has 6 nitrogen and oxygen atoms in total. The van der Waals surface area contributed by atoms with Crippen LogP contribution in [0.5, 0.6) is 11.5 Å².